The Kier molecular flexibility index (Phi) is 6.05. The molecule has 5 nitrogen and oxygen atoms in total. The molecular weight excluding hydrogens is 422 g/mol. The smallest absolute Gasteiger partial charge is 0.254 e. The molecule has 1 heterocycles. The second-order valence-electron chi connectivity index (χ2n) is 6.07. The van der Waals surface area contributed by atoms with E-state index in [0.29, 0.717) is 19.1 Å². The van der Waals surface area contributed by atoms with E-state index in [4.69, 9.17) is 4.74 Å². The van der Waals surface area contributed by atoms with Crippen molar-refractivity contribution in [2.45, 2.75) is 18.9 Å². The fourth-order valence-electron chi connectivity index (χ4n) is 2.84. The van der Waals surface area contributed by atoms with Crippen LogP contribution in [0.3, 0.4) is 0 Å². The molecule has 0 radical (unpaired) electrons. The molecule has 0 fully saturated rings. The van der Waals surface area contributed by atoms with E-state index < -0.39 is 17.5 Å². The fraction of sp³-hybridized carbons (Fsp3) is 0.263. The van der Waals surface area contributed by atoms with Crippen LogP contribution in [0.2, 0.25) is 0 Å². The van der Waals surface area contributed by atoms with Gasteiger partial charge in [-0.1, -0.05) is 15.9 Å². The van der Waals surface area contributed by atoms with Gasteiger partial charge in [0.25, 0.3) is 5.91 Å². The van der Waals surface area contributed by atoms with Crippen LogP contribution in [0.4, 0.5) is 8.78 Å². The lowest BCUT2D eigenvalue weighted by molar-refractivity contribution is -0.121. The Balaban J connectivity index is 1.52. The Bertz CT molecular complexity index is 876. The van der Waals surface area contributed by atoms with Crippen molar-refractivity contribution in [3.05, 3.63) is 63.6 Å². The topological polar surface area (TPSA) is 67.4 Å². The summed E-state index contributed by atoms with van der Waals surface area (Å²) < 4.78 is 32.9. The van der Waals surface area contributed by atoms with Crippen molar-refractivity contribution in [3.8, 4) is 5.75 Å². The summed E-state index contributed by atoms with van der Waals surface area (Å²) in [6.45, 7) is 0.538. The number of benzene rings is 2. The average Bonchev–Trinajstić information content (AvgIpc) is 2.62. The van der Waals surface area contributed by atoms with Gasteiger partial charge in [0.15, 0.2) is 0 Å². The Labute approximate surface area is 163 Å². The summed E-state index contributed by atoms with van der Waals surface area (Å²) in [6, 6.07) is 8.15. The number of halogens is 3. The highest BCUT2D eigenvalue weighted by Gasteiger charge is 2.23. The Morgan fingerprint density at radius 1 is 1.19 bits per heavy atom. The minimum atomic E-state index is -0.943. The van der Waals surface area contributed by atoms with Crippen molar-refractivity contribution in [1.82, 2.24) is 10.6 Å². The van der Waals surface area contributed by atoms with Crippen molar-refractivity contribution in [3.63, 3.8) is 0 Å². The molecule has 1 atom stereocenters. The SMILES string of the molecule is O=C(CCNC(=O)c1ccc(F)cc1F)NC1CCOc2ccc(Br)cc21. The van der Waals surface area contributed by atoms with Crippen LogP contribution >= 0.6 is 15.9 Å². The largest absolute Gasteiger partial charge is 0.493 e. The quantitative estimate of drug-likeness (QED) is 0.750. The minimum absolute atomic E-state index is 0.0370. The van der Waals surface area contributed by atoms with Crippen LogP contribution in [0, 0.1) is 11.6 Å². The van der Waals surface area contributed by atoms with Gasteiger partial charge in [0.2, 0.25) is 5.91 Å². The molecule has 1 unspecified atom stereocenters. The number of fused-ring (bicyclic) bond motifs is 1. The van der Waals surface area contributed by atoms with Crippen molar-refractivity contribution >= 4 is 27.7 Å². The fourth-order valence-corrected chi connectivity index (χ4v) is 3.22. The Morgan fingerprint density at radius 3 is 2.78 bits per heavy atom. The highest BCUT2D eigenvalue weighted by Crippen LogP contribution is 2.34. The molecule has 1 aliphatic rings. The zero-order valence-corrected chi connectivity index (χ0v) is 15.8. The summed E-state index contributed by atoms with van der Waals surface area (Å²) in [7, 11) is 0. The van der Waals surface area contributed by atoms with E-state index in [1.165, 1.54) is 0 Å². The zero-order valence-electron chi connectivity index (χ0n) is 14.2. The first kappa shape index (κ1) is 19.3. The van der Waals surface area contributed by atoms with Gasteiger partial charge in [-0.25, -0.2) is 8.78 Å². The third-order valence-electron chi connectivity index (χ3n) is 4.16. The van der Waals surface area contributed by atoms with Crippen molar-refractivity contribution in [2.75, 3.05) is 13.2 Å². The average molecular weight is 439 g/mol. The molecule has 27 heavy (non-hydrogen) atoms. The molecule has 0 aliphatic carbocycles. The van der Waals surface area contributed by atoms with Crippen molar-refractivity contribution in [1.29, 1.82) is 0 Å². The second-order valence-corrected chi connectivity index (χ2v) is 6.99. The molecule has 3 rings (SSSR count). The normalized spacial score (nSPS) is 15.4. The first-order chi connectivity index (χ1) is 12.9. The summed E-state index contributed by atoms with van der Waals surface area (Å²) in [6.07, 6.45) is 0.678. The van der Waals surface area contributed by atoms with E-state index in [-0.39, 0.29) is 30.5 Å². The van der Waals surface area contributed by atoms with Gasteiger partial charge in [-0.15, -0.1) is 0 Å². The number of nitrogens with one attached hydrogen (secondary N) is 2. The van der Waals surface area contributed by atoms with Gasteiger partial charge in [-0.3, -0.25) is 9.59 Å². The lowest BCUT2D eigenvalue weighted by atomic mass is 10.0. The van der Waals surface area contributed by atoms with Gasteiger partial charge in [0.1, 0.15) is 17.4 Å². The van der Waals surface area contributed by atoms with E-state index in [9.17, 15) is 18.4 Å². The molecule has 2 aromatic rings. The minimum Gasteiger partial charge on any atom is -0.493 e. The van der Waals surface area contributed by atoms with Gasteiger partial charge in [-0.05, 0) is 30.3 Å². The molecule has 2 N–H and O–H groups in total. The summed E-state index contributed by atoms with van der Waals surface area (Å²) in [5, 5.41) is 5.38. The second kappa shape index (κ2) is 8.47. The lowest BCUT2D eigenvalue weighted by Crippen LogP contribution is -2.35. The number of rotatable bonds is 5. The van der Waals surface area contributed by atoms with Crippen LogP contribution < -0.4 is 15.4 Å². The van der Waals surface area contributed by atoms with Crippen LogP contribution in [0.15, 0.2) is 40.9 Å². The first-order valence-electron chi connectivity index (χ1n) is 8.39. The van der Waals surface area contributed by atoms with Crippen LogP contribution in [0.25, 0.3) is 0 Å². The van der Waals surface area contributed by atoms with E-state index >= 15 is 0 Å². The van der Waals surface area contributed by atoms with Gasteiger partial charge < -0.3 is 15.4 Å². The molecule has 0 saturated carbocycles. The number of carbonyl (C=O) groups excluding carboxylic acids is 2. The monoisotopic (exact) mass is 438 g/mol. The van der Waals surface area contributed by atoms with Gasteiger partial charge >= 0.3 is 0 Å². The lowest BCUT2D eigenvalue weighted by Gasteiger charge is -2.27. The van der Waals surface area contributed by atoms with E-state index in [2.05, 4.69) is 26.6 Å². The molecule has 1 aliphatic heterocycles. The van der Waals surface area contributed by atoms with Gasteiger partial charge in [0, 0.05) is 35.5 Å². The van der Waals surface area contributed by atoms with Crippen molar-refractivity contribution in [2.24, 2.45) is 0 Å². The van der Waals surface area contributed by atoms with Crippen molar-refractivity contribution < 1.29 is 23.1 Å². The van der Waals surface area contributed by atoms with E-state index in [1.54, 1.807) is 0 Å². The van der Waals surface area contributed by atoms with E-state index in [1.807, 2.05) is 18.2 Å². The molecule has 0 spiro atoms. The summed E-state index contributed by atoms with van der Waals surface area (Å²) in [5.41, 5.74) is 0.626. The molecule has 0 bridgehead atoms. The van der Waals surface area contributed by atoms with Crippen LogP contribution in [0.1, 0.15) is 34.8 Å². The van der Waals surface area contributed by atoms with Crippen LogP contribution in [0.5, 0.6) is 5.75 Å². The maximum absolute atomic E-state index is 13.6. The van der Waals surface area contributed by atoms with E-state index in [0.717, 1.165) is 27.9 Å². The van der Waals surface area contributed by atoms with Crippen LogP contribution in [-0.4, -0.2) is 25.0 Å². The summed E-state index contributed by atoms with van der Waals surface area (Å²) >= 11 is 3.40. The summed E-state index contributed by atoms with van der Waals surface area (Å²) in [4.78, 5) is 24.1. The zero-order chi connectivity index (χ0) is 19.4. The number of amides is 2. The molecule has 0 aromatic heterocycles. The number of ether oxygens (including phenoxy) is 1. The predicted octanol–water partition coefficient (Wildman–Crippen LogP) is 3.49. The number of hydrogen-bond donors (Lipinski definition) is 2. The molecular formula is C19H17BrF2N2O3. The number of hydrogen-bond acceptors (Lipinski definition) is 3. The maximum Gasteiger partial charge on any atom is 0.254 e. The highest BCUT2D eigenvalue weighted by molar-refractivity contribution is 9.10. The molecule has 142 valence electrons. The Hall–Kier alpha value is -2.48. The Morgan fingerprint density at radius 2 is 2.00 bits per heavy atom. The van der Waals surface area contributed by atoms with Crippen LogP contribution in [-0.2, 0) is 4.79 Å². The molecule has 2 amide bonds. The highest BCUT2D eigenvalue weighted by atomic mass is 79.9. The summed E-state index contributed by atoms with van der Waals surface area (Å²) in [5.74, 6) is -1.91. The third kappa shape index (κ3) is 4.82. The third-order valence-corrected chi connectivity index (χ3v) is 4.65. The van der Waals surface area contributed by atoms with Gasteiger partial charge in [0.05, 0.1) is 18.2 Å². The molecule has 8 heteroatoms. The predicted molar refractivity (Wildman–Crippen MR) is 98.4 cm³/mol. The molecule has 0 saturated heterocycles. The van der Waals surface area contributed by atoms with Gasteiger partial charge in [-0.2, -0.15) is 0 Å². The molecule has 2 aromatic carbocycles. The standard InChI is InChI=1S/C19H17BrF2N2O3/c20-11-1-4-17-14(9-11)16(6-8-27-17)24-18(25)5-7-23-19(26)13-3-2-12(21)10-15(13)22/h1-4,9-10,16H,5-8H2,(H,23,26)(H,24,25). The first-order valence-corrected chi connectivity index (χ1v) is 9.18. The number of carbonyl (C=O) groups is 2. The maximum atomic E-state index is 13.6.